The van der Waals surface area contributed by atoms with Crippen LogP contribution in [0.4, 0.5) is 0 Å². The smallest absolute Gasteiger partial charge is 0.341 e. The first kappa shape index (κ1) is 11.8. The van der Waals surface area contributed by atoms with Crippen LogP contribution in [0.2, 0.25) is 0 Å². The van der Waals surface area contributed by atoms with Crippen LogP contribution in [0.15, 0.2) is 16.3 Å². The van der Waals surface area contributed by atoms with Gasteiger partial charge >= 0.3 is 5.97 Å². The summed E-state index contributed by atoms with van der Waals surface area (Å²) in [5.74, 6) is 0.279. The summed E-state index contributed by atoms with van der Waals surface area (Å²) in [6, 6.07) is 0. The summed E-state index contributed by atoms with van der Waals surface area (Å²) < 4.78 is 4.91. The summed E-state index contributed by atoms with van der Waals surface area (Å²) >= 11 is 0. The molecule has 0 saturated heterocycles. The molecule has 0 atom stereocenters. The zero-order chi connectivity index (χ0) is 11.3. The maximum Gasteiger partial charge on any atom is 0.341 e. The monoisotopic (exact) mass is 210 g/mol. The van der Waals surface area contributed by atoms with Crippen LogP contribution in [0, 0.1) is 5.92 Å². The van der Waals surface area contributed by atoms with Crippen molar-refractivity contribution < 1.29 is 9.53 Å². The zero-order valence-electron chi connectivity index (χ0n) is 9.32. The van der Waals surface area contributed by atoms with E-state index in [1.54, 1.807) is 14.0 Å². The normalized spacial score (nSPS) is 17.7. The third-order valence-electron chi connectivity index (χ3n) is 2.31. The van der Waals surface area contributed by atoms with Gasteiger partial charge in [0, 0.05) is 19.0 Å². The van der Waals surface area contributed by atoms with E-state index < -0.39 is 0 Å². The van der Waals surface area contributed by atoms with E-state index in [4.69, 9.17) is 10.5 Å². The lowest BCUT2D eigenvalue weighted by molar-refractivity contribution is -0.137. The molecule has 1 aliphatic rings. The highest BCUT2D eigenvalue weighted by Gasteiger charge is 2.24. The van der Waals surface area contributed by atoms with Crippen molar-refractivity contribution in [3.63, 3.8) is 0 Å². The largest absolute Gasteiger partial charge is 0.462 e. The van der Waals surface area contributed by atoms with Crippen molar-refractivity contribution in [2.24, 2.45) is 16.6 Å². The quantitative estimate of drug-likeness (QED) is 0.422. The van der Waals surface area contributed by atoms with Gasteiger partial charge in [0.05, 0.1) is 12.2 Å². The number of nitrogens with zero attached hydrogens (tertiary/aromatic N) is 1. The molecule has 2 N–H and O–H groups in total. The van der Waals surface area contributed by atoms with E-state index in [0.717, 1.165) is 6.42 Å². The summed E-state index contributed by atoms with van der Waals surface area (Å²) in [7, 11) is 1.61. The van der Waals surface area contributed by atoms with Gasteiger partial charge in [-0.2, -0.15) is 0 Å². The first-order chi connectivity index (χ1) is 7.19. The third kappa shape index (κ3) is 3.73. The average Bonchev–Trinajstić information content (AvgIpc) is 2.98. The molecule has 0 heterocycles. The first-order valence-corrected chi connectivity index (χ1v) is 5.27. The molecule has 0 aromatic rings. The molecule has 0 aromatic carbocycles. The van der Waals surface area contributed by atoms with Gasteiger partial charge < -0.3 is 10.5 Å². The molecule has 0 bridgehead atoms. The highest BCUT2D eigenvalue weighted by atomic mass is 16.5. The minimum atomic E-state index is -0.374. The third-order valence-corrected chi connectivity index (χ3v) is 2.31. The second-order valence-electron chi connectivity index (χ2n) is 3.69. The van der Waals surface area contributed by atoms with E-state index in [2.05, 4.69) is 4.99 Å². The fourth-order valence-corrected chi connectivity index (χ4v) is 1.35. The summed E-state index contributed by atoms with van der Waals surface area (Å²) in [5.41, 5.74) is 6.87. The molecule has 0 radical (unpaired) electrons. The van der Waals surface area contributed by atoms with Crippen LogP contribution in [-0.2, 0) is 9.53 Å². The molecule has 4 heteroatoms. The number of hydrogen-bond acceptors (Lipinski definition) is 4. The van der Waals surface area contributed by atoms with E-state index in [1.165, 1.54) is 19.1 Å². The maximum atomic E-state index is 11.5. The van der Waals surface area contributed by atoms with Gasteiger partial charge in [0.2, 0.25) is 0 Å². The number of aliphatic imine (C=N–C) groups is 1. The summed E-state index contributed by atoms with van der Waals surface area (Å²) in [6.45, 7) is 2.13. The van der Waals surface area contributed by atoms with E-state index in [1.807, 2.05) is 0 Å². The molecule has 0 aliphatic heterocycles. The molecule has 84 valence electrons. The molecule has 0 amide bonds. The van der Waals surface area contributed by atoms with Gasteiger partial charge in [0.1, 0.15) is 0 Å². The molecule has 0 aromatic heterocycles. The van der Waals surface area contributed by atoms with Crippen molar-refractivity contribution in [2.75, 3.05) is 13.7 Å². The van der Waals surface area contributed by atoms with Crippen LogP contribution in [0.25, 0.3) is 0 Å². The number of ether oxygens (including phenoxy) is 1. The van der Waals surface area contributed by atoms with Crippen molar-refractivity contribution >= 4 is 12.2 Å². The summed E-state index contributed by atoms with van der Waals surface area (Å²) in [6.07, 6.45) is 4.68. The molecule has 0 unspecified atom stereocenters. The molecule has 1 aliphatic carbocycles. The Balaban J connectivity index is 2.72. The Hall–Kier alpha value is -1.32. The maximum absolute atomic E-state index is 11.5. The highest BCUT2D eigenvalue weighted by Crippen LogP contribution is 2.34. The number of nitrogens with two attached hydrogens (primary N) is 1. The van der Waals surface area contributed by atoms with Crippen LogP contribution < -0.4 is 5.73 Å². The fourth-order valence-electron chi connectivity index (χ4n) is 1.35. The number of rotatable bonds is 5. The summed E-state index contributed by atoms with van der Waals surface area (Å²) in [5, 5.41) is 0. The lowest BCUT2D eigenvalue weighted by atomic mass is 10.1. The van der Waals surface area contributed by atoms with Gasteiger partial charge in [-0.15, -0.1) is 0 Å². The van der Waals surface area contributed by atoms with Gasteiger partial charge in [0.25, 0.3) is 0 Å². The first-order valence-electron chi connectivity index (χ1n) is 5.27. The molecule has 0 spiro atoms. The van der Waals surface area contributed by atoms with Gasteiger partial charge in [-0.3, -0.25) is 4.99 Å². The van der Waals surface area contributed by atoms with Crippen molar-refractivity contribution in [3.8, 4) is 0 Å². The van der Waals surface area contributed by atoms with Crippen molar-refractivity contribution in [3.05, 3.63) is 11.3 Å². The molecule has 1 rings (SSSR count). The molecular weight excluding hydrogens is 192 g/mol. The number of esters is 1. The molecule has 1 fully saturated rings. The van der Waals surface area contributed by atoms with Crippen LogP contribution in [0.1, 0.15) is 26.2 Å². The van der Waals surface area contributed by atoms with E-state index in [9.17, 15) is 4.79 Å². The minimum absolute atomic E-state index is 0.358. The lowest BCUT2D eigenvalue weighted by Crippen LogP contribution is -2.15. The second kappa shape index (κ2) is 5.53. The van der Waals surface area contributed by atoms with Gasteiger partial charge in [-0.1, -0.05) is 0 Å². The zero-order valence-corrected chi connectivity index (χ0v) is 9.32. The Labute approximate surface area is 90.2 Å². The fraction of sp³-hybridized carbons (Fsp3) is 0.636. The Morgan fingerprint density at radius 1 is 1.60 bits per heavy atom. The van der Waals surface area contributed by atoms with Gasteiger partial charge in [0.15, 0.2) is 0 Å². The Morgan fingerprint density at radius 3 is 2.73 bits per heavy atom. The van der Waals surface area contributed by atoms with Gasteiger partial charge in [-0.25, -0.2) is 4.79 Å². The molecule has 1 saturated carbocycles. The number of hydrogen-bond donors (Lipinski definition) is 1. The predicted octanol–water partition coefficient (Wildman–Crippen LogP) is 1.26. The SMILES string of the molecule is CCOC(=O)C(C=NC)=C(N)CC1CC1. The highest BCUT2D eigenvalue weighted by molar-refractivity contribution is 6.10. The van der Waals surface area contributed by atoms with E-state index >= 15 is 0 Å². The Morgan fingerprint density at radius 2 is 2.27 bits per heavy atom. The topological polar surface area (TPSA) is 64.7 Å². The minimum Gasteiger partial charge on any atom is -0.462 e. The van der Waals surface area contributed by atoms with E-state index in [-0.39, 0.29) is 5.97 Å². The number of allylic oxidation sites excluding steroid dienone is 1. The second-order valence-corrected chi connectivity index (χ2v) is 3.69. The average molecular weight is 210 g/mol. The molecule has 4 nitrogen and oxygen atoms in total. The van der Waals surface area contributed by atoms with Crippen molar-refractivity contribution in [1.82, 2.24) is 0 Å². The van der Waals surface area contributed by atoms with Crippen LogP contribution in [-0.4, -0.2) is 25.8 Å². The van der Waals surface area contributed by atoms with Crippen LogP contribution in [0.3, 0.4) is 0 Å². The Bertz CT molecular complexity index is 291. The van der Waals surface area contributed by atoms with Gasteiger partial charge in [-0.05, 0) is 32.1 Å². The molecular formula is C11H18N2O2. The molecule has 15 heavy (non-hydrogen) atoms. The van der Waals surface area contributed by atoms with Crippen molar-refractivity contribution in [2.45, 2.75) is 26.2 Å². The van der Waals surface area contributed by atoms with Crippen molar-refractivity contribution in [1.29, 1.82) is 0 Å². The number of carbonyl (C=O) groups excluding carboxylic acids is 1. The standard InChI is InChI=1S/C11H18N2O2/c1-3-15-11(14)9(7-13-2)10(12)6-8-4-5-8/h7-8H,3-6,12H2,1-2H3. The summed E-state index contributed by atoms with van der Waals surface area (Å²) in [4.78, 5) is 15.3. The van der Waals surface area contributed by atoms with Crippen LogP contribution in [0.5, 0.6) is 0 Å². The number of carbonyl (C=O) groups is 1. The van der Waals surface area contributed by atoms with E-state index in [0.29, 0.717) is 23.8 Å². The predicted molar refractivity (Wildman–Crippen MR) is 59.6 cm³/mol. The lowest BCUT2D eigenvalue weighted by Gasteiger charge is -2.06. The Kier molecular flexibility index (Phi) is 4.34. The van der Waals surface area contributed by atoms with Crippen LogP contribution >= 0.6 is 0 Å².